The van der Waals surface area contributed by atoms with Crippen LogP contribution in [0.25, 0.3) is 0 Å². The van der Waals surface area contributed by atoms with Gasteiger partial charge in [-0.25, -0.2) is 0 Å². The van der Waals surface area contributed by atoms with Crippen LogP contribution in [0.4, 0.5) is 8.78 Å². The van der Waals surface area contributed by atoms with Crippen molar-refractivity contribution in [2.75, 3.05) is 6.61 Å². The SMILES string of the molecule is NC(=S)COc1ccc(OC(F)F)cc1. The van der Waals surface area contributed by atoms with Crippen molar-refractivity contribution in [3.05, 3.63) is 24.3 Å². The Bertz CT molecular complexity index is 329. The minimum absolute atomic E-state index is 0.0766. The molecule has 0 bridgehead atoms. The maximum atomic E-state index is 11.8. The molecule has 6 heteroatoms. The van der Waals surface area contributed by atoms with Crippen LogP contribution in [0.15, 0.2) is 24.3 Å². The van der Waals surface area contributed by atoms with Gasteiger partial charge in [-0.05, 0) is 24.3 Å². The lowest BCUT2D eigenvalue weighted by Gasteiger charge is -2.06. The number of benzene rings is 1. The first-order valence-corrected chi connectivity index (χ1v) is 4.45. The zero-order chi connectivity index (χ0) is 11.3. The minimum Gasteiger partial charge on any atom is -0.487 e. The summed E-state index contributed by atoms with van der Waals surface area (Å²) >= 11 is 4.61. The van der Waals surface area contributed by atoms with Gasteiger partial charge >= 0.3 is 6.61 Å². The standard InChI is InChI=1S/C9H9F2NO2S/c10-9(11)14-7-3-1-6(2-4-7)13-5-8(12)15/h1-4,9H,5H2,(H2,12,15). The van der Waals surface area contributed by atoms with E-state index in [9.17, 15) is 8.78 Å². The van der Waals surface area contributed by atoms with E-state index in [1.54, 1.807) is 0 Å². The monoisotopic (exact) mass is 233 g/mol. The first kappa shape index (κ1) is 11.6. The van der Waals surface area contributed by atoms with E-state index in [1.807, 2.05) is 0 Å². The molecule has 0 aliphatic carbocycles. The predicted molar refractivity (Wildman–Crippen MR) is 55.4 cm³/mol. The third kappa shape index (κ3) is 4.55. The molecule has 0 aromatic heterocycles. The van der Waals surface area contributed by atoms with E-state index >= 15 is 0 Å². The van der Waals surface area contributed by atoms with Crippen molar-refractivity contribution in [1.29, 1.82) is 0 Å². The average Bonchev–Trinajstić information content (AvgIpc) is 2.16. The van der Waals surface area contributed by atoms with Crippen molar-refractivity contribution in [2.24, 2.45) is 5.73 Å². The second kappa shape index (κ2) is 5.45. The Balaban J connectivity index is 2.52. The van der Waals surface area contributed by atoms with Gasteiger partial charge in [-0.1, -0.05) is 12.2 Å². The van der Waals surface area contributed by atoms with Gasteiger partial charge in [-0.15, -0.1) is 0 Å². The van der Waals surface area contributed by atoms with E-state index < -0.39 is 6.61 Å². The maximum absolute atomic E-state index is 11.8. The van der Waals surface area contributed by atoms with E-state index in [-0.39, 0.29) is 17.3 Å². The summed E-state index contributed by atoms with van der Waals surface area (Å²) in [5.41, 5.74) is 5.22. The highest BCUT2D eigenvalue weighted by molar-refractivity contribution is 7.80. The number of nitrogens with two attached hydrogens (primary N) is 1. The zero-order valence-electron chi connectivity index (χ0n) is 7.65. The molecule has 82 valence electrons. The first-order valence-electron chi connectivity index (χ1n) is 4.04. The molecule has 1 aromatic rings. The summed E-state index contributed by atoms with van der Waals surface area (Å²) in [4.78, 5) is 0.225. The maximum Gasteiger partial charge on any atom is 0.387 e. The van der Waals surface area contributed by atoms with Gasteiger partial charge in [0.1, 0.15) is 23.1 Å². The Labute approximate surface area is 90.8 Å². The predicted octanol–water partition coefficient (Wildman–Crippen LogP) is 1.95. The number of rotatable bonds is 5. The molecule has 0 radical (unpaired) electrons. The lowest BCUT2D eigenvalue weighted by molar-refractivity contribution is -0.0498. The fourth-order valence-electron chi connectivity index (χ4n) is 0.872. The summed E-state index contributed by atoms with van der Waals surface area (Å²) in [7, 11) is 0. The van der Waals surface area contributed by atoms with Crippen LogP contribution in [-0.4, -0.2) is 18.2 Å². The van der Waals surface area contributed by atoms with Crippen molar-refractivity contribution >= 4 is 17.2 Å². The molecule has 0 amide bonds. The van der Waals surface area contributed by atoms with Crippen LogP contribution >= 0.6 is 12.2 Å². The Kier molecular flexibility index (Phi) is 4.23. The van der Waals surface area contributed by atoms with Crippen LogP contribution in [0.3, 0.4) is 0 Å². The molecule has 0 spiro atoms. The Morgan fingerprint density at radius 3 is 2.27 bits per heavy atom. The normalized spacial score (nSPS) is 10.1. The van der Waals surface area contributed by atoms with Gasteiger partial charge in [-0.2, -0.15) is 8.78 Å². The fourth-order valence-corrected chi connectivity index (χ4v) is 0.931. The van der Waals surface area contributed by atoms with E-state index in [2.05, 4.69) is 17.0 Å². The van der Waals surface area contributed by atoms with E-state index in [4.69, 9.17) is 10.5 Å². The van der Waals surface area contributed by atoms with E-state index in [0.29, 0.717) is 5.75 Å². The molecule has 3 nitrogen and oxygen atoms in total. The number of hydrogen-bond donors (Lipinski definition) is 1. The molecule has 15 heavy (non-hydrogen) atoms. The van der Waals surface area contributed by atoms with Gasteiger partial charge in [0.25, 0.3) is 0 Å². The molecule has 0 heterocycles. The lowest BCUT2D eigenvalue weighted by atomic mass is 10.3. The molecule has 0 aliphatic heterocycles. The van der Waals surface area contributed by atoms with E-state index in [1.165, 1.54) is 24.3 Å². The highest BCUT2D eigenvalue weighted by Gasteiger charge is 2.03. The number of alkyl halides is 2. The molecule has 1 aromatic carbocycles. The highest BCUT2D eigenvalue weighted by atomic mass is 32.1. The average molecular weight is 233 g/mol. The van der Waals surface area contributed by atoms with Gasteiger partial charge in [0.2, 0.25) is 0 Å². The van der Waals surface area contributed by atoms with Crippen molar-refractivity contribution in [2.45, 2.75) is 6.61 Å². The summed E-state index contributed by atoms with van der Waals surface area (Å²) < 4.78 is 32.8. The van der Waals surface area contributed by atoms with Crippen LogP contribution in [0, 0.1) is 0 Å². The number of halogens is 2. The van der Waals surface area contributed by atoms with Gasteiger partial charge in [-0.3, -0.25) is 0 Å². The summed E-state index contributed by atoms with van der Waals surface area (Å²) in [6.07, 6.45) is 0. The van der Waals surface area contributed by atoms with Crippen molar-refractivity contribution in [1.82, 2.24) is 0 Å². The van der Waals surface area contributed by atoms with Crippen molar-refractivity contribution in [3.8, 4) is 11.5 Å². The Morgan fingerprint density at radius 1 is 1.27 bits per heavy atom. The van der Waals surface area contributed by atoms with Crippen LogP contribution in [-0.2, 0) is 0 Å². The molecule has 0 atom stereocenters. The lowest BCUT2D eigenvalue weighted by Crippen LogP contribution is -2.17. The van der Waals surface area contributed by atoms with Crippen LogP contribution in [0.5, 0.6) is 11.5 Å². The summed E-state index contributed by atoms with van der Waals surface area (Å²) in [5.74, 6) is 0.567. The van der Waals surface area contributed by atoms with Crippen molar-refractivity contribution < 1.29 is 18.3 Å². The third-order valence-electron chi connectivity index (χ3n) is 1.43. The zero-order valence-corrected chi connectivity index (χ0v) is 8.47. The molecule has 0 saturated heterocycles. The van der Waals surface area contributed by atoms with Crippen LogP contribution in [0.1, 0.15) is 0 Å². The molecular formula is C9H9F2NO2S. The molecular weight excluding hydrogens is 224 g/mol. The molecule has 0 saturated carbocycles. The summed E-state index contributed by atoms with van der Waals surface area (Å²) in [6, 6.07) is 5.74. The first-order chi connectivity index (χ1) is 7.08. The van der Waals surface area contributed by atoms with Gasteiger partial charge in [0.05, 0.1) is 0 Å². The number of thiocarbonyl (C=S) groups is 1. The van der Waals surface area contributed by atoms with Crippen LogP contribution < -0.4 is 15.2 Å². The van der Waals surface area contributed by atoms with E-state index in [0.717, 1.165) is 0 Å². The third-order valence-corrected chi connectivity index (χ3v) is 1.55. The number of hydrogen-bond acceptors (Lipinski definition) is 3. The second-order valence-corrected chi connectivity index (χ2v) is 3.13. The van der Waals surface area contributed by atoms with Crippen LogP contribution in [0.2, 0.25) is 0 Å². The summed E-state index contributed by atoms with van der Waals surface area (Å²) in [6.45, 7) is -2.71. The Hall–Kier alpha value is -1.43. The van der Waals surface area contributed by atoms with Gasteiger partial charge in [0, 0.05) is 0 Å². The largest absolute Gasteiger partial charge is 0.487 e. The molecule has 2 N–H and O–H groups in total. The highest BCUT2D eigenvalue weighted by Crippen LogP contribution is 2.18. The van der Waals surface area contributed by atoms with Gasteiger partial charge < -0.3 is 15.2 Å². The molecule has 0 unspecified atom stereocenters. The topological polar surface area (TPSA) is 44.5 Å². The molecule has 1 rings (SSSR count). The fraction of sp³-hybridized carbons (Fsp3) is 0.222. The summed E-state index contributed by atoms with van der Waals surface area (Å²) in [5, 5.41) is 0. The number of ether oxygens (including phenoxy) is 2. The van der Waals surface area contributed by atoms with Crippen molar-refractivity contribution in [3.63, 3.8) is 0 Å². The molecule has 0 aliphatic rings. The molecule has 0 fully saturated rings. The second-order valence-electron chi connectivity index (χ2n) is 2.60. The Morgan fingerprint density at radius 2 is 1.80 bits per heavy atom. The quantitative estimate of drug-likeness (QED) is 0.789. The smallest absolute Gasteiger partial charge is 0.387 e. The van der Waals surface area contributed by atoms with Gasteiger partial charge in [0.15, 0.2) is 0 Å². The minimum atomic E-state index is -2.83.